The maximum atomic E-state index is 12.9. The summed E-state index contributed by atoms with van der Waals surface area (Å²) in [5.41, 5.74) is 1.24. The molecule has 0 saturated carbocycles. The predicted octanol–water partition coefficient (Wildman–Crippen LogP) is 3.80. The summed E-state index contributed by atoms with van der Waals surface area (Å²) < 4.78 is 12.9. The van der Waals surface area contributed by atoms with E-state index < -0.39 is 11.9 Å². The maximum absolute atomic E-state index is 12.9. The van der Waals surface area contributed by atoms with E-state index in [4.69, 9.17) is 23.2 Å². The van der Waals surface area contributed by atoms with Crippen LogP contribution >= 0.6 is 23.2 Å². The summed E-state index contributed by atoms with van der Waals surface area (Å²) in [5.74, 6) is -0.433. The number of halogens is 3. The molecule has 0 bridgehead atoms. The van der Waals surface area contributed by atoms with Gasteiger partial charge in [-0.15, -0.1) is 0 Å². The molecule has 1 aromatic heterocycles. The fourth-order valence-electron chi connectivity index (χ4n) is 1.66. The molecule has 18 heavy (non-hydrogen) atoms. The van der Waals surface area contributed by atoms with E-state index >= 15 is 0 Å². The molecule has 1 heterocycles. The molecule has 0 saturated heterocycles. The standard InChI is InChI=1S/C13H10Cl2FNO/c14-11-6-9(16)1-2-10(11)13(18)5-8-3-4-17-7-12(8)15/h1-4,6-7,13,18H,5H2. The van der Waals surface area contributed by atoms with Gasteiger partial charge in [-0.05, 0) is 29.3 Å². The molecule has 2 rings (SSSR count). The molecule has 1 aromatic carbocycles. The van der Waals surface area contributed by atoms with Crippen molar-refractivity contribution in [3.8, 4) is 0 Å². The maximum Gasteiger partial charge on any atom is 0.124 e. The molecular weight excluding hydrogens is 276 g/mol. The first-order valence-corrected chi connectivity index (χ1v) is 6.05. The third kappa shape index (κ3) is 2.99. The van der Waals surface area contributed by atoms with E-state index in [1.54, 1.807) is 12.3 Å². The van der Waals surface area contributed by atoms with Gasteiger partial charge in [0.15, 0.2) is 0 Å². The van der Waals surface area contributed by atoms with Gasteiger partial charge in [-0.3, -0.25) is 4.98 Å². The molecule has 5 heteroatoms. The monoisotopic (exact) mass is 285 g/mol. The largest absolute Gasteiger partial charge is 0.388 e. The van der Waals surface area contributed by atoms with Gasteiger partial charge in [0.05, 0.1) is 11.1 Å². The lowest BCUT2D eigenvalue weighted by Crippen LogP contribution is -2.03. The molecule has 0 radical (unpaired) electrons. The first-order valence-electron chi connectivity index (χ1n) is 5.29. The molecule has 0 amide bonds. The van der Waals surface area contributed by atoms with Crippen LogP contribution in [0, 0.1) is 5.82 Å². The first-order chi connectivity index (χ1) is 8.58. The predicted molar refractivity (Wildman–Crippen MR) is 69.3 cm³/mol. The highest BCUT2D eigenvalue weighted by Gasteiger charge is 2.14. The Balaban J connectivity index is 2.22. The number of hydrogen-bond acceptors (Lipinski definition) is 2. The van der Waals surface area contributed by atoms with Gasteiger partial charge < -0.3 is 5.11 Å². The Morgan fingerprint density at radius 1 is 1.22 bits per heavy atom. The summed E-state index contributed by atoms with van der Waals surface area (Å²) in [6.07, 6.45) is 2.57. The lowest BCUT2D eigenvalue weighted by Gasteiger charge is -2.13. The highest BCUT2D eigenvalue weighted by atomic mass is 35.5. The van der Waals surface area contributed by atoms with Crippen LogP contribution in [0.2, 0.25) is 10.0 Å². The van der Waals surface area contributed by atoms with Gasteiger partial charge >= 0.3 is 0 Å². The Morgan fingerprint density at radius 2 is 2.00 bits per heavy atom. The smallest absolute Gasteiger partial charge is 0.124 e. The molecule has 94 valence electrons. The molecule has 0 aliphatic carbocycles. The number of aromatic nitrogens is 1. The Morgan fingerprint density at radius 3 is 2.67 bits per heavy atom. The van der Waals surface area contributed by atoms with Crippen LogP contribution in [-0.4, -0.2) is 10.1 Å². The fraction of sp³-hybridized carbons (Fsp3) is 0.154. The quantitative estimate of drug-likeness (QED) is 0.930. The Bertz CT molecular complexity index is 562. The number of aliphatic hydroxyl groups is 1. The summed E-state index contributed by atoms with van der Waals surface area (Å²) in [6, 6.07) is 5.63. The normalized spacial score (nSPS) is 12.4. The van der Waals surface area contributed by atoms with Crippen molar-refractivity contribution in [2.75, 3.05) is 0 Å². The third-order valence-corrected chi connectivity index (χ3v) is 3.26. The number of pyridine rings is 1. The van der Waals surface area contributed by atoms with E-state index in [0.717, 1.165) is 5.56 Å². The Hall–Kier alpha value is -1.16. The van der Waals surface area contributed by atoms with Crippen LogP contribution in [0.4, 0.5) is 4.39 Å². The number of hydrogen-bond donors (Lipinski definition) is 1. The van der Waals surface area contributed by atoms with Crippen molar-refractivity contribution >= 4 is 23.2 Å². The first kappa shape index (κ1) is 13.3. The Kier molecular flexibility index (Phi) is 4.17. The van der Waals surface area contributed by atoms with Gasteiger partial charge in [0.1, 0.15) is 5.82 Å². The molecule has 0 fully saturated rings. The minimum absolute atomic E-state index is 0.202. The highest BCUT2D eigenvalue weighted by molar-refractivity contribution is 6.31. The minimum atomic E-state index is -0.835. The van der Waals surface area contributed by atoms with Gasteiger partial charge in [0.25, 0.3) is 0 Å². The minimum Gasteiger partial charge on any atom is -0.388 e. The topological polar surface area (TPSA) is 33.1 Å². The molecular formula is C13H10Cl2FNO. The van der Waals surface area contributed by atoms with Crippen LogP contribution < -0.4 is 0 Å². The summed E-state index contributed by atoms with van der Waals surface area (Å²) in [7, 11) is 0. The van der Waals surface area contributed by atoms with Crippen LogP contribution in [0.1, 0.15) is 17.2 Å². The zero-order valence-corrected chi connectivity index (χ0v) is 10.8. The number of nitrogens with zero attached hydrogens (tertiary/aromatic N) is 1. The SMILES string of the molecule is OC(Cc1ccncc1Cl)c1ccc(F)cc1Cl. The van der Waals surface area contributed by atoms with Crippen molar-refractivity contribution < 1.29 is 9.50 Å². The van der Waals surface area contributed by atoms with Crippen molar-refractivity contribution in [2.24, 2.45) is 0 Å². The zero-order chi connectivity index (χ0) is 13.1. The van der Waals surface area contributed by atoms with Crippen LogP contribution in [0.3, 0.4) is 0 Å². The second kappa shape index (κ2) is 5.65. The summed E-state index contributed by atoms with van der Waals surface area (Å²) >= 11 is 11.8. The average molecular weight is 286 g/mol. The lowest BCUT2D eigenvalue weighted by atomic mass is 10.0. The molecule has 0 aliphatic heterocycles. The van der Waals surface area contributed by atoms with Crippen LogP contribution in [0.5, 0.6) is 0 Å². The van der Waals surface area contributed by atoms with Crippen LogP contribution in [0.15, 0.2) is 36.7 Å². The van der Waals surface area contributed by atoms with Gasteiger partial charge in [-0.1, -0.05) is 29.3 Å². The average Bonchev–Trinajstić information content (AvgIpc) is 2.32. The molecule has 1 N–H and O–H groups in total. The van der Waals surface area contributed by atoms with Gasteiger partial charge in [0, 0.05) is 23.8 Å². The van der Waals surface area contributed by atoms with E-state index in [2.05, 4.69) is 4.98 Å². The number of rotatable bonds is 3. The van der Waals surface area contributed by atoms with Crippen LogP contribution in [0.25, 0.3) is 0 Å². The van der Waals surface area contributed by atoms with Gasteiger partial charge in [-0.25, -0.2) is 4.39 Å². The van der Waals surface area contributed by atoms with Crippen molar-refractivity contribution in [2.45, 2.75) is 12.5 Å². The highest BCUT2D eigenvalue weighted by Crippen LogP contribution is 2.28. The van der Waals surface area contributed by atoms with E-state index in [0.29, 0.717) is 17.0 Å². The summed E-state index contributed by atoms with van der Waals surface area (Å²) in [6.45, 7) is 0. The zero-order valence-electron chi connectivity index (χ0n) is 9.28. The Labute approximate surface area is 114 Å². The molecule has 2 aromatic rings. The van der Waals surface area contributed by atoms with E-state index in [9.17, 15) is 9.50 Å². The fourth-order valence-corrected chi connectivity index (χ4v) is 2.15. The summed E-state index contributed by atoms with van der Waals surface area (Å²) in [5, 5.41) is 10.8. The van der Waals surface area contributed by atoms with Crippen molar-refractivity contribution in [3.05, 3.63) is 63.6 Å². The number of aliphatic hydroxyl groups excluding tert-OH is 1. The number of benzene rings is 1. The van der Waals surface area contributed by atoms with E-state index in [1.165, 1.54) is 24.4 Å². The molecule has 2 nitrogen and oxygen atoms in total. The van der Waals surface area contributed by atoms with Gasteiger partial charge in [0.2, 0.25) is 0 Å². The summed E-state index contributed by atoms with van der Waals surface area (Å²) in [4.78, 5) is 3.86. The molecule has 0 spiro atoms. The molecule has 1 atom stereocenters. The van der Waals surface area contributed by atoms with E-state index in [-0.39, 0.29) is 5.02 Å². The van der Waals surface area contributed by atoms with Crippen molar-refractivity contribution in [1.82, 2.24) is 4.98 Å². The van der Waals surface area contributed by atoms with Crippen molar-refractivity contribution in [1.29, 1.82) is 0 Å². The second-order valence-corrected chi connectivity index (χ2v) is 4.67. The third-order valence-electron chi connectivity index (χ3n) is 2.59. The van der Waals surface area contributed by atoms with Crippen LogP contribution in [-0.2, 0) is 6.42 Å². The molecule has 1 unspecified atom stereocenters. The molecule has 0 aliphatic rings. The lowest BCUT2D eigenvalue weighted by molar-refractivity contribution is 0.178. The van der Waals surface area contributed by atoms with Gasteiger partial charge in [-0.2, -0.15) is 0 Å². The second-order valence-electron chi connectivity index (χ2n) is 3.85. The van der Waals surface area contributed by atoms with E-state index in [1.807, 2.05) is 0 Å². The van der Waals surface area contributed by atoms with Crippen molar-refractivity contribution in [3.63, 3.8) is 0 Å².